The second-order valence-electron chi connectivity index (χ2n) is 0. The summed E-state index contributed by atoms with van der Waals surface area (Å²) in [4.78, 5) is 0. The van der Waals surface area contributed by atoms with E-state index in [1.807, 2.05) is 0 Å². The Kier molecular flexibility index (Phi) is 467. The van der Waals surface area contributed by atoms with Crippen molar-refractivity contribution in [1.82, 2.24) is 0 Å². The van der Waals surface area contributed by atoms with E-state index in [9.17, 15) is 0 Å². The minimum absolute atomic E-state index is 0. The van der Waals surface area contributed by atoms with Crippen LogP contribution in [0.15, 0.2) is 0 Å². The first-order valence-electron chi connectivity index (χ1n) is 0. The van der Waals surface area contributed by atoms with Gasteiger partial charge in [0, 0.05) is 67.7 Å². The number of rotatable bonds is 0. The minimum atomic E-state index is 0. The van der Waals surface area contributed by atoms with Crippen LogP contribution in [0.4, 0.5) is 0 Å². The summed E-state index contributed by atoms with van der Waals surface area (Å²) in [5, 5.41) is 0. The molecule has 0 unspecified atom stereocenters. The molecular weight excluding hydrogens is 241 g/mol. The first-order chi connectivity index (χ1) is 0. The van der Waals surface area contributed by atoms with Gasteiger partial charge in [-0.1, -0.05) is 0 Å². The maximum atomic E-state index is 0. The molecule has 0 atom stereocenters. The zero-order valence-electron chi connectivity index (χ0n) is 1.94. The van der Waals surface area contributed by atoms with Crippen molar-refractivity contribution in [3.8, 4) is 0 Å². The van der Waals surface area contributed by atoms with Crippen LogP contribution in [0.3, 0.4) is 0 Å². The van der Waals surface area contributed by atoms with Crippen molar-refractivity contribution < 1.29 is 73.2 Å². The zero-order valence-corrected chi connectivity index (χ0v) is 6.42. The normalized spacial score (nSPS) is 0. The molecule has 0 bridgehead atoms. The van der Waals surface area contributed by atoms with E-state index in [1.165, 1.54) is 0 Å². The SMILES string of the molecule is O.[Co].[Cr].[Mn].[Ni]. The van der Waals surface area contributed by atoms with E-state index in [2.05, 4.69) is 0 Å². The predicted molar refractivity (Wildman–Crippen MR) is 3.61 cm³/mol. The van der Waals surface area contributed by atoms with Gasteiger partial charge in [-0.05, 0) is 0 Å². The van der Waals surface area contributed by atoms with Crippen molar-refractivity contribution in [2.45, 2.75) is 0 Å². The number of hydrogen-bond acceptors (Lipinski definition) is 0. The van der Waals surface area contributed by atoms with Gasteiger partial charge >= 0.3 is 0 Å². The summed E-state index contributed by atoms with van der Waals surface area (Å²) < 4.78 is 0. The number of hydrogen-bond donors (Lipinski definition) is 0. The summed E-state index contributed by atoms with van der Waals surface area (Å²) in [5.74, 6) is 0. The molecule has 0 rings (SSSR count). The fraction of sp³-hybridized carbons (Fsp3) is 0. The van der Waals surface area contributed by atoms with Gasteiger partial charge in [0.15, 0.2) is 0 Å². The molecule has 0 saturated heterocycles. The van der Waals surface area contributed by atoms with Crippen LogP contribution in [0.25, 0.3) is 0 Å². The maximum Gasteiger partial charge on any atom is 0 e. The fourth-order valence-corrected chi connectivity index (χ4v) is 0. The summed E-state index contributed by atoms with van der Waals surface area (Å²) in [7, 11) is 0. The molecule has 2 radical (unpaired) electrons. The van der Waals surface area contributed by atoms with Gasteiger partial charge in [0.2, 0.25) is 0 Å². The fourth-order valence-electron chi connectivity index (χ4n) is 0. The summed E-state index contributed by atoms with van der Waals surface area (Å²) >= 11 is 0. The molecule has 0 aromatic carbocycles. The van der Waals surface area contributed by atoms with E-state index in [-0.39, 0.29) is 73.2 Å². The third-order valence-electron chi connectivity index (χ3n) is 0. The molecular formula is H2CoCrMnNiO. The van der Waals surface area contributed by atoms with Gasteiger partial charge in [0.25, 0.3) is 0 Å². The summed E-state index contributed by atoms with van der Waals surface area (Å²) in [5.41, 5.74) is 0. The molecule has 2 N–H and O–H groups in total. The molecule has 0 aliphatic rings. The van der Waals surface area contributed by atoms with Crippen molar-refractivity contribution in [2.24, 2.45) is 0 Å². The first kappa shape index (κ1) is 62.6. The van der Waals surface area contributed by atoms with E-state index in [0.29, 0.717) is 0 Å². The summed E-state index contributed by atoms with van der Waals surface area (Å²) in [6, 6.07) is 0. The van der Waals surface area contributed by atoms with Gasteiger partial charge in [-0.15, -0.1) is 0 Å². The van der Waals surface area contributed by atoms with E-state index < -0.39 is 0 Å². The average molecular weight is 243 g/mol. The Labute approximate surface area is 72.7 Å². The van der Waals surface area contributed by atoms with E-state index >= 15 is 0 Å². The van der Waals surface area contributed by atoms with E-state index in [1.54, 1.807) is 0 Å². The van der Waals surface area contributed by atoms with Crippen LogP contribution >= 0.6 is 0 Å². The molecule has 40 valence electrons. The molecule has 1 nitrogen and oxygen atoms in total. The van der Waals surface area contributed by atoms with Gasteiger partial charge in [0.1, 0.15) is 0 Å². The third-order valence-corrected chi connectivity index (χ3v) is 0. The second kappa shape index (κ2) is 37.3. The van der Waals surface area contributed by atoms with Crippen molar-refractivity contribution >= 4 is 0 Å². The van der Waals surface area contributed by atoms with E-state index in [0.717, 1.165) is 0 Å². The van der Waals surface area contributed by atoms with Gasteiger partial charge in [-0.25, -0.2) is 0 Å². The molecule has 0 aliphatic carbocycles. The van der Waals surface area contributed by atoms with Gasteiger partial charge in [-0.2, -0.15) is 0 Å². The van der Waals surface area contributed by atoms with Gasteiger partial charge < -0.3 is 5.48 Å². The topological polar surface area (TPSA) is 31.5 Å². The Hall–Kier alpha value is 2.01. The summed E-state index contributed by atoms with van der Waals surface area (Å²) in [6.07, 6.45) is 0. The van der Waals surface area contributed by atoms with Crippen molar-refractivity contribution in [2.75, 3.05) is 0 Å². The Bertz CT molecular complexity index is 11.6. The largest absolute Gasteiger partial charge is 0.412 e. The van der Waals surface area contributed by atoms with Crippen LogP contribution in [0, 0.1) is 0 Å². The monoisotopic (exact) mass is 242 g/mol. The molecule has 0 fully saturated rings. The molecule has 0 saturated carbocycles. The predicted octanol–water partition coefficient (Wildman–Crippen LogP) is -0.835. The molecule has 0 spiro atoms. The Morgan fingerprint density at radius 3 is 1.00 bits per heavy atom. The Morgan fingerprint density at radius 1 is 1.00 bits per heavy atom. The van der Waals surface area contributed by atoms with Gasteiger partial charge in [0.05, 0.1) is 0 Å². The maximum absolute atomic E-state index is 0. The quantitative estimate of drug-likeness (QED) is 0.497. The van der Waals surface area contributed by atoms with Crippen LogP contribution < -0.4 is 0 Å². The molecule has 5 heavy (non-hydrogen) atoms. The zero-order chi connectivity index (χ0) is 0. The van der Waals surface area contributed by atoms with Crippen molar-refractivity contribution in [3.05, 3.63) is 0 Å². The van der Waals surface area contributed by atoms with Crippen LogP contribution in [0.2, 0.25) is 0 Å². The molecule has 0 aromatic rings. The van der Waals surface area contributed by atoms with Crippen LogP contribution in [0.1, 0.15) is 0 Å². The molecule has 0 heterocycles. The first-order valence-corrected chi connectivity index (χ1v) is 0. The smallest absolute Gasteiger partial charge is 0 e. The van der Waals surface area contributed by atoms with Crippen LogP contribution in [-0.2, 0) is 67.7 Å². The average Bonchev–Trinajstić information content (AvgIpc) is 0. The van der Waals surface area contributed by atoms with Crippen molar-refractivity contribution in [1.29, 1.82) is 0 Å². The van der Waals surface area contributed by atoms with E-state index in [4.69, 9.17) is 0 Å². The summed E-state index contributed by atoms with van der Waals surface area (Å²) in [6.45, 7) is 0. The molecule has 0 aromatic heterocycles. The molecule has 5 heteroatoms. The third kappa shape index (κ3) is 23.9. The van der Waals surface area contributed by atoms with Gasteiger partial charge in [-0.3, -0.25) is 0 Å². The second-order valence-corrected chi connectivity index (χ2v) is 0. The minimum Gasteiger partial charge on any atom is -0.412 e. The standard InChI is InChI=1S/Co.Cr.Mn.Ni.H2O/h;;;;1H2. The molecule has 0 amide bonds. The van der Waals surface area contributed by atoms with Crippen molar-refractivity contribution in [3.63, 3.8) is 0 Å². The molecule has 0 aliphatic heterocycles. The van der Waals surface area contributed by atoms with Crippen LogP contribution in [0.5, 0.6) is 0 Å². The Balaban J connectivity index is 0. The van der Waals surface area contributed by atoms with Crippen LogP contribution in [-0.4, -0.2) is 5.48 Å². The Morgan fingerprint density at radius 2 is 1.00 bits per heavy atom.